The predicted octanol–water partition coefficient (Wildman–Crippen LogP) is 2.76. The van der Waals surface area contributed by atoms with Gasteiger partial charge in [0.05, 0.1) is 23.8 Å². The predicted molar refractivity (Wildman–Crippen MR) is 92.5 cm³/mol. The number of benzene rings is 1. The van der Waals surface area contributed by atoms with Crippen molar-refractivity contribution in [3.63, 3.8) is 0 Å². The molecule has 1 aromatic carbocycles. The van der Waals surface area contributed by atoms with Crippen LogP contribution in [0.25, 0.3) is 0 Å². The molecular formula is C19H22F2N4O. The van der Waals surface area contributed by atoms with Crippen LogP contribution in [0.5, 0.6) is 0 Å². The summed E-state index contributed by atoms with van der Waals surface area (Å²) in [5, 5.41) is 0. The molecule has 0 radical (unpaired) electrons. The first-order valence-electron chi connectivity index (χ1n) is 8.87. The third-order valence-corrected chi connectivity index (χ3v) is 5.73. The Morgan fingerprint density at radius 3 is 2.50 bits per heavy atom. The molecule has 0 saturated heterocycles. The number of halogens is 2. The molecule has 1 amide bonds. The SMILES string of the molecule is CN(C)C(=O)c1cc(F)c(CN2CCn3cncc3C23CCC3)c(F)c1. The number of rotatable bonds is 3. The average molecular weight is 360 g/mol. The lowest BCUT2D eigenvalue weighted by Gasteiger charge is -2.53. The van der Waals surface area contributed by atoms with E-state index >= 15 is 0 Å². The molecular weight excluding hydrogens is 338 g/mol. The first-order chi connectivity index (χ1) is 12.4. The number of hydrogen-bond acceptors (Lipinski definition) is 3. The Hall–Kier alpha value is -2.28. The summed E-state index contributed by atoms with van der Waals surface area (Å²) < 4.78 is 31.4. The maximum Gasteiger partial charge on any atom is 0.253 e. The maximum absolute atomic E-state index is 14.6. The van der Waals surface area contributed by atoms with Gasteiger partial charge in [0.1, 0.15) is 11.6 Å². The highest BCUT2D eigenvalue weighted by molar-refractivity contribution is 5.93. The Kier molecular flexibility index (Phi) is 4.06. The van der Waals surface area contributed by atoms with Gasteiger partial charge in [0.15, 0.2) is 0 Å². The number of imidazole rings is 1. The molecule has 26 heavy (non-hydrogen) atoms. The monoisotopic (exact) mass is 360 g/mol. The second kappa shape index (κ2) is 6.16. The Labute approximate surface area is 151 Å². The molecule has 7 heteroatoms. The third-order valence-electron chi connectivity index (χ3n) is 5.73. The van der Waals surface area contributed by atoms with Crippen molar-refractivity contribution in [2.45, 2.75) is 37.9 Å². The number of nitrogens with zero attached hydrogens (tertiary/aromatic N) is 4. The normalized spacial score (nSPS) is 18.5. The van der Waals surface area contributed by atoms with Gasteiger partial charge in [0, 0.05) is 44.9 Å². The molecule has 5 nitrogen and oxygen atoms in total. The van der Waals surface area contributed by atoms with Crippen LogP contribution in [0.2, 0.25) is 0 Å². The van der Waals surface area contributed by atoms with Crippen molar-refractivity contribution in [2.75, 3.05) is 20.6 Å². The molecule has 1 spiro atoms. The molecule has 1 aliphatic carbocycles. The lowest BCUT2D eigenvalue weighted by molar-refractivity contribution is -0.0226. The van der Waals surface area contributed by atoms with E-state index in [0.29, 0.717) is 0 Å². The number of carbonyl (C=O) groups is 1. The Morgan fingerprint density at radius 1 is 1.23 bits per heavy atom. The zero-order valence-corrected chi connectivity index (χ0v) is 15.0. The summed E-state index contributed by atoms with van der Waals surface area (Å²) in [6.45, 7) is 1.68. The molecule has 2 aliphatic rings. The molecule has 1 aliphatic heterocycles. The van der Waals surface area contributed by atoms with Gasteiger partial charge in [-0.2, -0.15) is 0 Å². The average Bonchev–Trinajstić information content (AvgIpc) is 3.04. The fourth-order valence-electron chi connectivity index (χ4n) is 4.13. The van der Waals surface area contributed by atoms with E-state index in [2.05, 4.69) is 14.5 Å². The third kappa shape index (κ3) is 2.53. The second-order valence-corrected chi connectivity index (χ2v) is 7.40. The molecule has 1 aromatic heterocycles. The van der Waals surface area contributed by atoms with Gasteiger partial charge in [-0.05, 0) is 31.4 Å². The Morgan fingerprint density at radius 2 is 1.92 bits per heavy atom. The van der Waals surface area contributed by atoms with E-state index in [9.17, 15) is 13.6 Å². The summed E-state index contributed by atoms with van der Waals surface area (Å²) >= 11 is 0. The zero-order valence-electron chi connectivity index (χ0n) is 15.0. The lowest BCUT2D eigenvalue weighted by Crippen LogP contribution is -2.55. The van der Waals surface area contributed by atoms with Gasteiger partial charge in [-0.15, -0.1) is 0 Å². The number of hydrogen-bond donors (Lipinski definition) is 0. The van der Waals surface area contributed by atoms with E-state index in [-0.39, 0.29) is 23.2 Å². The van der Waals surface area contributed by atoms with Crippen molar-refractivity contribution in [2.24, 2.45) is 0 Å². The lowest BCUT2D eigenvalue weighted by atomic mass is 9.72. The molecule has 0 bridgehead atoms. The molecule has 1 fully saturated rings. The highest BCUT2D eigenvalue weighted by Gasteiger charge is 2.48. The summed E-state index contributed by atoms with van der Waals surface area (Å²) in [7, 11) is 3.12. The van der Waals surface area contributed by atoms with Crippen LogP contribution < -0.4 is 0 Å². The van der Waals surface area contributed by atoms with Gasteiger partial charge in [0.25, 0.3) is 5.91 Å². The number of amides is 1. The summed E-state index contributed by atoms with van der Waals surface area (Å²) in [5.41, 5.74) is 1.02. The zero-order chi connectivity index (χ0) is 18.5. The Bertz CT molecular complexity index is 834. The highest BCUT2D eigenvalue weighted by Crippen LogP contribution is 2.48. The summed E-state index contributed by atoms with van der Waals surface area (Å²) in [6.07, 6.45) is 6.74. The van der Waals surface area contributed by atoms with E-state index in [0.717, 1.165) is 50.2 Å². The molecule has 138 valence electrons. The van der Waals surface area contributed by atoms with Gasteiger partial charge in [0.2, 0.25) is 0 Å². The van der Waals surface area contributed by atoms with Crippen LogP contribution in [-0.4, -0.2) is 45.9 Å². The molecule has 2 heterocycles. The van der Waals surface area contributed by atoms with Crippen molar-refractivity contribution >= 4 is 5.91 Å². The topological polar surface area (TPSA) is 41.4 Å². The van der Waals surface area contributed by atoms with Crippen LogP contribution in [0.4, 0.5) is 8.78 Å². The maximum atomic E-state index is 14.6. The fraction of sp³-hybridized carbons (Fsp3) is 0.474. The van der Waals surface area contributed by atoms with Gasteiger partial charge in [-0.3, -0.25) is 9.69 Å². The number of carbonyl (C=O) groups excluding carboxylic acids is 1. The standard InChI is InChI=1S/C19H22F2N4O/c1-23(2)18(26)13-8-15(20)14(16(21)9-13)11-25-7-6-24-12-22-10-17(24)19(25)4-3-5-19/h8-10,12H,3-7,11H2,1-2H3. The molecule has 4 rings (SSSR count). The van der Waals surface area contributed by atoms with Crippen molar-refractivity contribution in [3.05, 3.63) is 53.1 Å². The highest BCUT2D eigenvalue weighted by atomic mass is 19.1. The quantitative estimate of drug-likeness (QED) is 0.845. The van der Waals surface area contributed by atoms with Crippen LogP contribution in [0.1, 0.15) is 40.9 Å². The van der Waals surface area contributed by atoms with E-state index in [1.54, 1.807) is 14.1 Å². The minimum atomic E-state index is -0.663. The fourth-order valence-corrected chi connectivity index (χ4v) is 4.13. The molecule has 0 atom stereocenters. The van der Waals surface area contributed by atoms with Crippen molar-refractivity contribution < 1.29 is 13.6 Å². The number of aromatic nitrogens is 2. The minimum absolute atomic E-state index is 0.0274. The van der Waals surface area contributed by atoms with Crippen LogP contribution in [0.15, 0.2) is 24.7 Å². The van der Waals surface area contributed by atoms with Gasteiger partial charge in [-0.1, -0.05) is 0 Å². The van der Waals surface area contributed by atoms with E-state index in [1.165, 1.54) is 4.90 Å². The van der Waals surface area contributed by atoms with Gasteiger partial charge in [-0.25, -0.2) is 13.8 Å². The van der Waals surface area contributed by atoms with Crippen LogP contribution in [0.3, 0.4) is 0 Å². The first kappa shape index (κ1) is 17.1. The van der Waals surface area contributed by atoms with E-state index in [1.807, 2.05) is 12.5 Å². The van der Waals surface area contributed by atoms with Crippen LogP contribution in [-0.2, 0) is 18.6 Å². The first-order valence-corrected chi connectivity index (χ1v) is 8.87. The smallest absolute Gasteiger partial charge is 0.253 e. The second-order valence-electron chi connectivity index (χ2n) is 7.40. The molecule has 2 aromatic rings. The van der Waals surface area contributed by atoms with Gasteiger partial charge >= 0.3 is 0 Å². The molecule has 0 unspecified atom stereocenters. The van der Waals surface area contributed by atoms with Crippen LogP contribution in [0, 0.1) is 11.6 Å². The van der Waals surface area contributed by atoms with Gasteiger partial charge < -0.3 is 9.47 Å². The number of fused-ring (bicyclic) bond motifs is 2. The van der Waals surface area contributed by atoms with E-state index in [4.69, 9.17) is 0 Å². The molecule has 0 N–H and O–H groups in total. The van der Waals surface area contributed by atoms with Crippen LogP contribution >= 0.6 is 0 Å². The summed E-state index contributed by atoms with van der Waals surface area (Å²) in [5.74, 6) is -1.74. The summed E-state index contributed by atoms with van der Waals surface area (Å²) in [6, 6.07) is 2.28. The van der Waals surface area contributed by atoms with Crippen molar-refractivity contribution in [1.29, 1.82) is 0 Å². The summed E-state index contributed by atoms with van der Waals surface area (Å²) in [4.78, 5) is 19.7. The van der Waals surface area contributed by atoms with E-state index < -0.39 is 17.5 Å². The Balaban J connectivity index is 1.65. The largest absolute Gasteiger partial charge is 0.345 e. The molecule has 1 saturated carbocycles. The van der Waals surface area contributed by atoms with Crippen molar-refractivity contribution in [3.8, 4) is 0 Å². The van der Waals surface area contributed by atoms with Crippen molar-refractivity contribution in [1.82, 2.24) is 19.4 Å². The minimum Gasteiger partial charge on any atom is -0.345 e.